The fourth-order valence-corrected chi connectivity index (χ4v) is 2.91. The highest BCUT2D eigenvalue weighted by molar-refractivity contribution is 7.09. The number of thiazole rings is 1. The van der Waals surface area contributed by atoms with Gasteiger partial charge in [0.2, 0.25) is 0 Å². The monoisotopic (exact) mass is 402 g/mol. The lowest BCUT2D eigenvalue weighted by Crippen LogP contribution is -2.36. The number of aliphatic imine (C=N–C) groups is 1. The van der Waals surface area contributed by atoms with Crippen LogP contribution in [-0.4, -0.2) is 31.7 Å². The van der Waals surface area contributed by atoms with Crippen molar-refractivity contribution in [2.75, 3.05) is 20.8 Å². The molecule has 0 unspecified atom stereocenters. The van der Waals surface area contributed by atoms with E-state index < -0.39 is 11.9 Å². The van der Waals surface area contributed by atoms with Gasteiger partial charge in [-0.3, -0.25) is 0 Å². The first-order valence-electron chi connectivity index (χ1n) is 8.12. The van der Waals surface area contributed by atoms with E-state index in [4.69, 9.17) is 9.47 Å². The Morgan fingerprint density at radius 3 is 2.52 bits per heavy atom. The van der Waals surface area contributed by atoms with Gasteiger partial charge in [-0.15, -0.1) is 11.3 Å². The van der Waals surface area contributed by atoms with E-state index >= 15 is 0 Å². The molecule has 1 aromatic carbocycles. The maximum atomic E-state index is 12.6. The minimum Gasteiger partial charge on any atom is -0.493 e. The van der Waals surface area contributed by atoms with Crippen LogP contribution in [0, 0.1) is 0 Å². The summed E-state index contributed by atoms with van der Waals surface area (Å²) in [6, 6.07) is 5.48. The van der Waals surface area contributed by atoms with Crippen LogP contribution in [0.5, 0.6) is 11.5 Å². The first-order chi connectivity index (χ1) is 12.9. The molecule has 0 atom stereocenters. The fourth-order valence-electron chi connectivity index (χ4n) is 2.17. The number of guanidine groups is 1. The van der Waals surface area contributed by atoms with Crippen molar-refractivity contribution >= 4 is 17.3 Å². The zero-order chi connectivity index (χ0) is 19.9. The molecule has 0 spiro atoms. The van der Waals surface area contributed by atoms with Crippen LogP contribution in [0.2, 0.25) is 0 Å². The summed E-state index contributed by atoms with van der Waals surface area (Å²) in [5.74, 6) is 1.71. The number of hydrogen-bond acceptors (Lipinski definition) is 5. The standard InChI is InChI=1S/C17H21F3N4O2S/c1-4-21-16(23-9-15-24-14(10-27-15)17(18,19)20)22-8-11-5-6-12(25-2)13(7-11)26-3/h5-7,10H,4,8-9H2,1-3H3,(H2,21,22,23). The van der Waals surface area contributed by atoms with Gasteiger partial charge in [-0.1, -0.05) is 6.07 Å². The lowest BCUT2D eigenvalue weighted by atomic mass is 10.2. The number of benzene rings is 1. The van der Waals surface area contributed by atoms with E-state index in [0.717, 1.165) is 22.3 Å². The van der Waals surface area contributed by atoms with Gasteiger partial charge >= 0.3 is 6.18 Å². The number of nitrogens with one attached hydrogen (secondary N) is 2. The Bertz CT molecular complexity index is 778. The summed E-state index contributed by atoms with van der Waals surface area (Å²) in [6.45, 7) is 3.03. The van der Waals surface area contributed by atoms with Gasteiger partial charge in [0.05, 0.1) is 27.3 Å². The normalized spacial score (nSPS) is 12.0. The van der Waals surface area contributed by atoms with Crippen molar-refractivity contribution < 1.29 is 22.6 Å². The third-order valence-corrected chi connectivity index (χ3v) is 4.31. The summed E-state index contributed by atoms with van der Waals surface area (Å²) >= 11 is 0.953. The second-order valence-corrected chi connectivity index (χ2v) is 6.30. The quantitative estimate of drug-likeness (QED) is 0.549. The molecule has 0 aliphatic heterocycles. The second kappa shape index (κ2) is 9.45. The molecule has 10 heteroatoms. The molecule has 0 radical (unpaired) electrons. The van der Waals surface area contributed by atoms with E-state index in [1.54, 1.807) is 20.3 Å². The van der Waals surface area contributed by atoms with Gasteiger partial charge in [0.25, 0.3) is 0 Å². The van der Waals surface area contributed by atoms with E-state index in [0.29, 0.717) is 35.6 Å². The summed E-state index contributed by atoms with van der Waals surface area (Å²) in [5.41, 5.74) is 0.0232. The van der Waals surface area contributed by atoms with Crippen molar-refractivity contribution in [2.45, 2.75) is 26.2 Å². The van der Waals surface area contributed by atoms with Crippen molar-refractivity contribution in [3.63, 3.8) is 0 Å². The molecule has 2 aromatic rings. The molecule has 1 aromatic heterocycles. The predicted molar refractivity (Wildman–Crippen MR) is 98.3 cm³/mol. The fraction of sp³-hybridized carbons (Fsp3) is 0.412. The summed E-state index contributed by atoms with van der Waals surface area (Å²) in [4.78, 5) is 8.03. The summed E-state index contributed by atoms with van der Waals surface area (Å²) in [5, 5.41) is 7.37. The van der Waals surface area contributed by atoms with Gasteiger partial charge in [-0.2, -0.15) is 13.2 Å². The van der Waals surface area contributed by atoms with Crippen LogP contribution in [0.3, 0.4) is 0 Å². The Morgan fingerprint density at radius 2 is 1.93 bits per heavy atom. The SMILES string of the molecule is CCNC(=NCc1ccc(OC)c(OC)c1)NCc1nc(C(F)(F)F)cs1. The Morgan fingerprint density at radius 1 is 1.19 bits per heavy atom. The van der Waals surface area contributed by atoms with Crippen LogP contribution in [0.4, 0.5) is 13.2 Å². The molecule has 0 aliphatic carbocycles. The lowest BCUT2D eigenvalue weighted by molar-refractivity contribution is -0.140. The number of rotatable bonds is 7. The number of aromatic nitrogens is 1. The van der Waals surface area contributed by atoms with Crippen LogP contribution < -0.4 is 20.1 Å². The second-order valence-electron chi connectivity index (χ2n) is 5.36. The Kier molecular flexibility index (Phi) is 7.28. The molecule has 0 fully saturated rings. The first kappa shape index (κ1) is 20.8. The van der Waals surface area contributed by atoms with Gasteiger partial charge < -0.3 is 20.1 Å². The minimum absolute atomic E-state index is 0.151. The largest absolute Gasteiger partial charge is 0.493 e. The smallest absolute Gasteiger partial charge is 0.434 e. The molecule has 2 N–H and O–H groups in total. The predicted octanol–water partition coefficient (Wildman–Crippen LogP) is 3.43. The Balaban J connectivity index is 2.03. The topological polar surface area (TPSA) is 67.8 Å². The number of methoxy groups -OCH3 is 2. The van der Waals surface area contributed by atoms with Crippen LogP contribution in [0.15, 0.2) is 28.6 Å². The van der Waals surface area contributed by atoms with E-state index in [9.17, 15) is 13.2 Å². The van der Waals surface area contributed by atoms with Gasteiger partial charge in [-0.05, 0) is 24.6 Å². The molecule has 1 heterocycles. The number of hydrogen-bond donors (Lipinski definition) is 2. The highest BCUT2D eigenvalue weighted by atomic mass is 32.1. The van der Waals surface area contributed by atoms with Crippen LogP contribution in [0.1, 0.15) is 23.2 Å². The number of halogens is 3. The van der Waals surface area contributed by atoms with Gasteiger partial charge in [-0.25, -0.2) is 9.98 Å². The van der Waals surface area contributed by atoms with E-state index in [1.807, 2.05) is 19.1 Å². The third-order valence-electron chi connectivity index (χ3n) is 3.46. The van der Waals surface area contributed by atoms with Gasteiger partial charge in [0.1, 0.15) is 5.01 Å². The van der Waals surface area contributed by atoms with Crippen molar-refractivity contribution in [1.82, 2.24) is 15.6 Å². The highest BCUT2D eigenvalue weighted by Gasteiger charge is 2.33. The molecule has 148 valence electrons. The summed E-state index contributed by atoms with van der Waals surface area (Å²) in [6.07, 6.45) is -4.43. The average molecular weight is 402 g/mol. The first-order valence-corrected chi connectivity index (χ1v) is 9.00. The molecular weight excluding hydrogens is 381 g/mol. The third kappa shape index (κ3) is 6.02. The number of nitrogens with zero attached hydrogens (tertiary/aromatic N) is 2. The van der Waals surface area contributed by atoms with Gasteiger partial charge in [0, 0.05) is 11.9 Å². The molecule has 2 rings (SSSR count). The van der Waals surface area contributed by atoms with Crippen LogP contribution in [0.25, 0.3) is 0 Å². The molecule has 27 heavy (non-hydrogen) atoms. The highest BCUT2D eigenvalue weighted by Crippen LogP contribution is 2.30. The number of ether oxygens (including phenoxy) is 2. The summed E-state index contributed by atoms with van der Waals surface area (Å²) < 4.78 is 48.3. The molecule has 0 saturated carbocycles. The van der Waals surface area contributed by atoms with Crippen molar-refractivity contribution in [3.8, 4) is 11.5 Å². The zero-order valence-electron chi connectivity index (χ0n) is 15.2. The Labute approximate surface area is 159 Å². The number of alkyl halides is 3. The maximum absolute atomic E-state index is 12.6. The average Bonchev–Trinajstić information content (AvgIpc) is 3.13. The van der Waals surface area contributed by atoms with Crippen molar-refractivity contribution in [1.29, 1.82) is 0 Å². The molecule has 0 bridgehead atoms. The van der Waals surface area contributed by atoms with Crippen molar-refractivity contribution in [3.05, 3.63) is 39.8 Å². The van der Waals surface area contributed by atoms with Crippen LogP contribution >= 0.6 is 11.3 Å². The van der Waals surface area contributed by atoms with E-state index in [1.165, 1.54) is 0 Å². The molecular formula is C17H21F3N4O2S. The van der Waals surface area contributed by atoms with Crippen molar-refractivity contribution in [2.24, 2.45) is 4.99 Å². The molecule has 0 aliphatic rings. The molecule has 0 amide bonds. The molecule has 0 saturated heterocycles. The Hall–Kier alpha value is -2.49. The van der Waals surface area contributed by atoms with E-state index in [2.05, 4.69) is 20.6 Å². The molecule has 6 nitrogen and oxygen atoms in total. The minimum atomic E-state index is -4.43. The van der Waals surface area contributed by atoms with E-state index in [-0.39, 0.29) is 6.54 Å². The zero-order valence-corrected chi connectivity index (χ0v) is 16.0. The maximum Gasteiger partial charge on any atom is 0.434 e. The lowest BCUT2D eigenvalue weighted by Gasteiger charge is -2.11. The summed E-state index contributed by atoms with van der Waals surface area (Å²) in [7, 11) is 3.12. The van der Waals surface area contributed by atoms with Crippen LogP contribution in [-0.2, 0) is 19.3 Å². The van der Waals surface area contributed by atoms with Gasteiger partial charge in [0.15, 0.2) is 23.2 Å².